The van der Waals surface area contributed by atoms with Crippen LogP contribution in [-0.4, -0.2) is 20.4 Å². The molecule has 6 nitrogen and oxygen atoms in total. The van der Waals surface area contributed by atoms with Crippen molar-refractivity contribution >= 4 is 49.3 Å². The number of carbonyl (C=O) groups excluding carboxylic acids is 1. The molecule has 0 aliphatic rings. The van der Waals surface area contributed by atoms with Gasteiger partial charge in [0.1, 0.15) is 21.9 Å². The molecule has 0 aliphatic heterocycles. The molecule has 3 aromatic heterocycles. The Bertz CT molecular complexity index is 1230. The highest BCUT2D eigenvalue weighted by molar-refractivity contribution is 7.25. The van der Waals surface area contributed by atoms with E-state index in [-0.39, 0.29) is 18.0 Å². The number of hydrogen-bond acceptors (Lipinski definition) is 5. The smallest absolute Gasteiger partial charge is 0.272 e. The average Bonchev–Trinajstić information content (AvgIpc) is 3.03. The maximum Gasteiger partial charge on any atom is 0.272 e. The van der Waals surface area contributed by atoms with Gasteiger partial charge in [0.2, 0.25) is 5.91 Å². The second kappa shape index (κ2) is 7.09. The lowest BCUT2D eigenvalue weighted by Crippen LogP contribution is -2.33. The molecular weight excluding hydrogens is 384 g/mol. The molecule has 1 amide bonds. The van der Waals surface area contributed by atoms with Gasteiger partial charge < -0.3 is 5.32 Å². The van der Waals surface area contributed by atoms with Crippen LogP contribution in [0, 0.1) is 6.92 Å². The summed E-state index contributed by atoms with van der Waals surface area (Å²) < 4.78 is 1.90. The largest absolute Gasteiger partial charge is 0.350 e. The number of halogens is 1. The van der Waals surface area contributed by atoms with Crippen molar-refractivity contribution in [2.75, 3.05) is 0 Å². The summed E-state index contributed by atoms with van der Waals surface area (Å²) in [7, 11) is 0. The van der Waals surface area contributed by atoms with Gasteiger partial charge in [0, 0.05) is 23.2 Å². The molecule has 1 aromatic carbocycles. The van der Waals surface area contributed by atoms with E-state index < -0.39 is 0 Å². The van der Waals surface area contributed by atoms with Crippen LogP contribution in [0.25, 0.3) is 20.4 Å². The van der Waals surface area contributed by atoms with Gasteiger partial charge in [0.15, 0.2) is 0 Å². The van der Waals surface area contributed by atoms with Crippen LogP contribution < -0.4 is 10.9 Å². The number of nitrogens with one attached hydrogen (secondary N) is 1. The highest BCUT2D eigenvalue weighted by Crippen LogP contribution is 2.28. The van der Waals surface area contributed by atoms with Crippen LogP contribution in [0.5, 0.6) is 0 Å². The Morgan fingerprint density at radius 1 is 1.26 bits per heavy atom. The first-order valence-electron chi connectivity index (χ1n) is 8.29. The van der Waals surface area contributed by atoms with E-state index in [9.17, 15) is 9.59 Å². The molecule has 1 N–H and O–H groups in total. The van der Waals surface area contributed by atoms with Gasteiger partial charge in [-0.1, -0.05) is 29.8 Å². The van der Waals surface area contributed by atoms with Crippen molar-refractivity contribution in [2.24, 2.45) is 0 Å². The third-order valence-electron chi connectivity index (χ3n) is 4.28. The van der Waals surface area contributed by atoms with E-state index >= 15 is 0 Å². The molecule has 0 saturated carbocycles. The minimum absolute atomic E-state index is 0.0975. The summed E-state index contributed by atoms with van der Waals surface area (Å²) in [4.78, 5) is 34.8. The van der Waals surface area contributed by atoms with Crippen LogP contribution in [0.1, 0.15) is 11.4 Å². The standard InChI is InChI=1S/C19H15ClN4O2S/c1-11-23-16-13-6-4-8-21-18(13)27-17(16)19(26)24(11)10-15(25)22-9-12-5-2-3-7-14(12)20/h2-8H,9-10H2,1H3,(H,22,25). The molecule has 4 rings (SSSR count). The second-order valence-corrected chi connectivity index (χ2v) is 7.46. The zero-order valence-electron chi connectivity index (χ0n) is 14.4. The fourth-order valence-electron chi connectivity index (χ4n) is 2.89. The summed E-state index contributed by atoms with van der Waals surface area (Å²) in [6.45, 7) is 1.93. The summed E-state index contributed by atoms with van der Waals surface area (Å²) in [6.07, 6.45) is 1.69. The fourth-order valence-corrected chi connectivity index (χ4v) is 4.12. The normalized spacial score (nSPS) is 11.2. The average molecular weight is 399 g/mol. The molecule has 0 fully saturated rings. The molecule has 136 valence electrons. The summed E-state index contributed by atoms with van der Waals surface area (Å²) >= 11 is 7.40. The zero-order valence-corrected chi connectivity index (χ0v) is 16.0. The molecule has 0 radical (unpaired) electrons. The SMILES string of the molecule is Cc1nc2c(sc3ncccc32)c(=O)n1CC(=O)NCc1ccccc1Cl. The number of thiophene rings is 1. The third-order valence-corrected chi connectivity index (χ3v) is 5.74. The molecule has 0 bridgehead atoms. The van der Waals surface area contributed by atoms with E-state index in [4.69, 9.17) is 11.6 Å². The predicted molar refractivity (Wildman–Crippen MR) is 107 cm³/mol. The maximum absolute atomic E-state index is 12.9. The minimum Gasteiger partial charge on any atom is -0.350 e. The number of nitrogens with zero attached hydrogens (tertiary/aromatic N) is 3. The first-order chi connectivity index (χ1) is 13.0. The Morgan fingerprint density at radius 2 is 2.07 bits per heavy atom. The Labute approximate surface area is 163 Å². The Kier molecular flexibility index (Phi) is 4.63. The van der Waals surface area contributed by atoms with Gasteiger partial charge in [-0.05, 0) is 30.7 Å². The van der Waals surface area contributed by atoms with Crippen molar-refractivity contribution in [1.82, 2.24) is 19.9 Å². The van der Waals surface area contributed by atoms with Crippen molar-refractivity contribution in [1.29, 1.82) is 0 Å². The molecule has 0 atom stereocenters. The van der Waals surface area contributed by atoms with E-state index in [0.29, 0.717) is 27.6 Å². The number of amides is 1. The van der Waals surface area contributed by atoms with E-state index in [2.05, 4.69) is 15.3 Å². The fraction of sp³-hybridized carbons (Fsp3) is 0.158. The van der Waals surface area contributed by atoms with E-state index in [1.54, 1.807) is 19.2 Å². The molecule has 0 unspecified atom stereocenters. The van der Waals surface area contributed by atoms with E-state index in [0.717, 1.165) is 15.8 Å². The molecule has 8 heteroatoms. The van der Waals surface area contributed by atoms with Gasteiger partial charge in [-0.15, -0.1) is 11.3 Å². The van der Waals surface area contributed by atoms with Gasteiger partial charge >= 0.3 is 0 Å². The summed E-state index contributed by atoms with van der Waals surface area (Å²) in [6, 6.07) is 11.0. The van der Waals surface area contributed by atoms with Crippen LogP contribution in [0.15, 0.2) is 47.4 Å². The number of pyridine rings is 1. The number of carbonyl (C=O) groups is 1. The number of rotatable bonds is 4. The van der Waals surface area contributed by atoms with Gasteiger partial charge in [-0.2, -0.15) is 0 Å². The summed E-state index contributed by atoms with van der Waals surface area (Å²) in [5, 5.41) is 4.24. The van der Waals surface area contributed by atoms with Crippen LogP contribution in [0.2, 0.25) is 5.02 Å². The number of aromatic nitrogens is 3. The molecule has 0 saturated heterocycles. The Hall–Kier alpha value is -2.77. The van der Waals surface area contributed by atoms with Crippen molar-refractivity contribution in [3.8, 4) is 0 Å². The monoisotopic (exact) mass is 398 g/mol. The third kappa shape index (κ3) is 3.31. The van der Waals surface area contributed by atoms with Crippen molar-refractivity contribution in [2.45, 2.75) is 20.0 Å². The van der Waals surface area contributed by atoms with Crippen LogP contribution in [-0.2, 0) is 17.9 Å². The van der Waals surface area contributed by atoms with Crippen molar-refractivity contribution in [3.63, 3.8) is 0 Å². The lowest BCUT2D eigenvalue weighted by molar-refractivity contribution is -0.121. The molecular formula is C19H15ClN4O2S. The van der Waals surface area contributed by atoms with Crippen molar-refractivity contribution < 1.29 is 4.79 Å². The second-order valence-electron chi connectivity index (χ2n) is 6.05. The number of benzene rings is 1. The van der Waals surface area contributed by atoms with Crippen LogP contribution >= 0.6 is 22.9 Å². The van der Waals surface area contributed by atoms with E-state index in [1.165, 1.54) is 15.9 Å². The summed E-state index contributed by atoms with van der Waals surface area (Å²) in [5.74, 6) is 0.212. The Morgan fingerprint density at radius 3 is 2.89 bits per heavy atom. The van der Waals surface area contributed by atoms with E-state index in [1.807, 2.05) is 30.3 Å². The lowest BCUT2D eigenvalue weighted by Gasteiger charge is -2.10. The highest BCUT2D eigenvalue weighted by Gasteiger charge is 2.16. The molecule has 0 aliphatic carbocycles. The Balaban J connectivity index is 1.62. The molecule has 4 aromatic rings. The first-order valence-corrected chi connectivity index (χ1v) is 9.49. The lowest BCUT2D eigenvalue weighted by atomic mass is 10.2. The first kappa shape index (κ1) is 17.6. The van der Waals surface area contributed by atoms with Gasteiger partial charge in [-0.3, -0.25) is 14.2 Å². The van der Waals surface area contributed by atoms with Crippen LogP contribution in [0.4, 0.5) is 0 Å². The molecule has 0 spiro atoms. The number of aryl methyl sites for hydroxylation is 1. The number of fused-ring (bicyclic) bond motifs is 3. The predicted octanol–water partition coefficient (Wildman–Crippen LogP) is 3.28. The topological polar surface area (TPSA) is 76.9 Å². The quantitative estimate of drug-likeness (QED) is 0.572. The van der Waals surface area contributed by atoms with Gasteiger partial charge in [-0.25, -0.2) is 9.97 Å². The van der Waals surface area contributed by atoms with Gasteiger partial charge in [0.05, 0.1) is 5.52 Å². The summed E-state index contributed by atoms with van der Waals surface area (Å²) in [5.41, 5.74) is 1.23. The molecule has 3 heterocycles. The number of hydrogen-bond donors (Lipinski definition) is 1. The van der Waals surface area contributed by atoms with Crippen LogP contribution in [0.3, 0.4) is 0 Å². The molecule has 27 heavy (non-hydrogen) atoms. The minimum atomic E-state index is -0.277. The zero-order chi connectivity index (χ0) is 19.0. The maximum atomic E-state index is 12.9. The van der Waals surface area contributed by atoms with Crippen molar-refractivity contribution in [3.05, 3.63) is 69.4 Å². The van der Waals surface area contributed by atoms with Gasteiger partial charge in [0.25, 0.3) is 5.56 Å². The highest BCUT2D eigenvalue weighted by atomic mass is 35.5.